The highest BCUT2D eigenvalue weighted by Crippen LogP contribution is 2.28. The normalized spacial score (nSPS) is 24.8. The van der Waals surface area contributed by atoms with E-state index in [-0.39, 0.29) is 12.5 Å². The van der Waals surface area contributed by atoms with Gasteiger partial charge in [0.1, 0.15) is 31.0 Å². The largest absolute Gasteiger partial charge is 0.463 e. The fraction of sp³-hybridized carbons (Fsp3) is 0.440. The van der Waals surface area contributed by atoms with Gasteiger partial charge in [0, 0.05) is 21.0 Å². The number of esters is 1. The summed E-state index contributed by atoms with van der Waals surface area (Å²) in [4.78, 5) is 23.5. The minimum atomic E-state index is -0.813. The molecule has 2 aromatic carbocycles. The summed E-state index contributed by atoms with van der Waals surface area (Å²) in [6.07, 6.45) is -2.74. The first-order valence-corrected chi connectivity index (χ1v) is 10.9. The molecule has 178 valence electrons. The molecule has 0 bridgehead atoms. The van der Waals surface area contributed by atoms with E-state index in [0.717, 1.165) is 11.1 Å². The molecule has 3 rings (SSSR count). The Kier molecular flexibility index (Phi) is 9.38. The summed E-state index contributed by atoms with van der Waals surface area (Å²) in [5.41, 5.74) is 1.94. The minimum Gasteiger partial charge on any atom is -0.463 e. The van der Waals surface area contributed by atoms with Gasteiger partial charge in [0.05, 0.1) is 13.2 Å². The van der Waals surface area contributed by atoms with Crippen LogP contribution in [0.1, 0.15) is 25.0 Å². The number of methoxy groups -OCH3 is 1. The third-order valence-electron chi connectivity index (χ3n) is 5.27. The summed E-state index contributed by atoms with van der Waals surface area (Å²) in [5, 5.41) is 2.88. The van der Waals surface area contributed by atoms with Crippen molar-refractivity contribution in [3.05, 3.63) is 71.8 Å². The van der Waals surface area contributed by atoms with Crippen LogP contribution in [0.4, 0.5) is 0 Å². The Morgan fingerprint density at radius 3 is 1.91 bits per heavy atom. The highest BCUT2D eigenvalue weighted by atomic mass is 16.7. The van der Waals surface area contributed by atoms with Crippen LogP contribution in [0.15, 0.2) is 60.7 Å². The lowest BCUT2D eigenvalue weighted by Crippen LogP contribution is -2.65. The third kappa shape index (κ3) is 7.36. The lowest BCUT2D eigenvalue weighted by molar-refractivity contribution is -0.282. The predicted octanol–water partition coefficient (Wildman–Crippen LogP) is 2.60. The van der Waals surface area contributed by atoms with Gasteiger partial charge in [-0.2, -0.15) is 0 Å². The van der Waals surface area contributed by atoms with E-state index in [0.29, 0.717) is 13.2 Å². The smallest absolute Gasteiger partial charge is 0.302 e. The van der Waals surface area contributed by atoms with Crippen molar-refractivity contribution in [3.63, 3.8) is 0 Å². The quantitative estimate of drug-likeness (QED) is 0.548. The van der Waals surface area contributed by atoms with E-state index in [9.17, 15) is 9.59 Å². The topological polar surface area (TPSA) is 92.3 Å². The van der Waals surface area contributed by atoms with Crippen LogP contribution in [0.3, 0.4) is 0 Å². The molecule has 1 aliphatic rings. The number of rotatable bonds is 10. The Hall–Kier alpha value is -2.78. The van der Waals surface area contributed by atoms with Gasteiger partial charge in [0.2, 0.25) is 5.91 Å². The Bertz CT molecular complexity index is 877. The van der Waals surface area contributed by atoms with Crippen molar-refractivity contribution >= 4 is 11.9 Å². The van der Waals surface area contributed by atoms with Crippen LogP contribution < -0.4 is 5.32 Å². The van der Waals surface area contributed by atoms with E-state index in [2.05, 4.69) is 5.32 Å². The molecule has 1 heterocycles. The molecule has 0 radical (unpaired) electrons. The molecule has 8 heteroatoms. The van der Waals surface area contributed by atoms with Gasteiger partial charge < -0.3 is 29.0 Å². The van der Waals surface area contributed by atoms with Crippen LogP contribution in [-0.2, 0) is 46.5 Å². The van der Waals surface area contributed by atoms with Crippen LogP contribution in [0.5, 0.6) is 0 Å². The number of carbonyl (C=O) groups excluding carboxylic acids is 2. The monoisotopic (exact) mass is 457 g/mol. The Morgan fingerprint density at radius 1 is 0.879 bits per heavy atom. The number of hydrogen-bond acceptors (Lipinski definition) is 7. The summed E-state index contributed by atoms with van der Waals surface area (Å²) >= 11 is 0. The van der Waals surface area contributed by atoms with Crippen molar-refractivity contribution in [3.8, 4) is 0 Å². The molecule has 33 heavy (non-hydrogen) atoms. The maximum Gasteiger partial charge on any atom is 0.302 e. The Balaban J connectivity index is 1.87. The number of hydrogen-bond donors (Lipinski definition) is 1. The first kappa shape index (κ1) is 24.9. The zero-order valence-corrected chi connectivity index (χ0v) is 19.1. The Labute approximate surface area is 194 Å². The van der Waals surface area contributed by atoms with Gasteiger partial charge >= 0.3 is 5.97 Å². The number of benzene rings is 2. The van der Waals surface area contributed by atoms with Crippen molar-refractivity contribution < 1.29 is 33.3 Å². The molecule has 1 amide bonds. The van der Waals surface area contributed by atoms with E-state index in [1.807, 2.05) is 60.7 Å². The molecule has 1 fully saturated rings. The first-order valence-electron chi connectivity index (χ1n) is 10.9. The fourth-order valence-electron chi connectivity index (χ4n) is 3.76. The second kappa shape index (κ2) is 12.5. The lowest BCUT2D eigenvalue weighted by Gasteiger charge is -2.45. The minimum absolute atomic E-state index is 0.0351. The Morgan fingerprint density at radius 2 is 1.42 bits per heavy atom. The highest BCUT2D eigenvalue weighted by molar-refractivity contribution is 5.73. The second-order valence-electron chi connectivity index (χ2n) is 7.83. The van der Waals surface area contributed by atoms with Crippen LogP contribution >= 0.6 is 0 Å². The average molecular weight is 458 g/mol. The number of ether oxygens (including phenoxy) is 5. The molecular weight excluding hydrogens is 426 g/mol. The summed E-state index contributed by atoms with van der Waals surface area (Å²) in [7, 11) is 1.49. The van der Waals surface area contributed by atoms with Crippen LogP contribution in [0, 0.1) is 0 Å². The first-order chi connectivity index (χ1) is 16.0. The maximum absolute atomic E-state index is 12.0. The molecule has 0 saturated carbocycles. The zero-order chi connectivity index (χ0) is 23.6. The number of nitrogens with one attached hydrogen (secondary N) is 1. The van der Waals surface area contributed by atoms with Gasteiger partial charge in [-0.3, -0.25) is 9.59 Å². The lowest BCUT2D eigenvalue weighted by atomic mass is 9.96. The molecule has 0 aromatic heterocycles. The molecule has 5 atom stereocenters. The molecule has 1 aliphatic heterocycles. The summed E-state index contributed by atoms with van der Waals surface area (Å²) < 4.78 is 29.4. The van der Waals surface area contributed by atoms with Crippen molar-refractivity contribution in [1.82, 2.24) is 5.32 Å². The summed E-state index contributed by atoms with van der Waals surface area (Å²) in [5.74, 6) is -0.681. The van der Waals surface area contributed by atoms with Crippen molar-refractivity contribution in [2.75, 3.05) is 13.7 Å². The van der Waals surface area contributed by atoms with Gasteiger partial charge in [-0.15, -0.1) is 0 Å². The zero-order valence-electron chi connectivity index (χ0n) is 19.1. The third-order valence-corrected chi connectivity index (χ3v) is 5.27. The number of carbonyl (C=O) groups is 2. The van der Waals surface area contributed by atoms with Crippen LogP contribution in [0.2, 0.25) is 0 Å². The molecular formula is C25H31NO7. The maximum atomic E-state index is 12.0. The van der Waals surface area contributed by atoms with Crippen molar-refractivity contribution in [1.29, 1.82) is 0 Å². The molecule has 0 spiro atoms. The summed E-state index contributed by atoms with van der Waals surface area (Å²) in [6.45, 7) is 3.31. The molecule has 2 aromatic rings. The summed E-state index contributed by atoms with van der Waals surface area (Å²) in [6, 6.07) is 18.8. The molecule has 1 saturated heterocycles. The van der Waals surface area contributed by atoms with Crippen LogP contribution in [0.25, 0.3) is 0 Å². The van der Waals surface area contributed by atoms with Crippen molar-refractivity contribution in [2.45, 2.75) is 57.7 Å². The van der Waals surface area contributed by atoms with E-state index in [1.54, 1.807) is 0 Å². The molecule has 0 aliphatic carbocycles. The SMILES string of the molecule is CO[C@H]1O[C@H](COC(C)=O)[C@@H](OCc2ccccc2)[C@H](OCc2ccccc2)[C@H]1NC(C)=O. The van der Waals surface area contributed by atoms with Crippen molar-refractivity contribution in [2.24, 2.45) is 0 Å². The van der Waals surface area contributed by atoms with Gasteiger partial charge in [0.25, 0.3) is 0 Å². The molecule has 0 unspecified atom stereocenters. The van der Waals surface area contributed by atoms with Gasteiger partial charge in [-0.25, -0.2) is 0 Å². The van der Waals surface area contributed by atoms with E-state index >= 15 is 0 Å². The van der Waals surface area contributed by atoms with Gasteiger partial charge in [0.15, 0.2) is 6.29 Å². The molecule has 8 nitrogen and oxygen atoms in total. The highest BCUT2D eigenvalue weighted by Gasteiger charge is 2.48. The second-order valence-corrected chi connectivity index (χ2v) is 7.83. The van der Waals surface area contributed by atoms with Gasteiger partial charge in [-0.05, 0) is 11.1 Å². The predicted molar refractivity (Wildman–Crippen MR) is 120 cm³/mol. The standard InChI is InChI=1S/C25H31NO7/c1-17(27)26-22-24(32-15-20-12-8-5-9-13-20)23(31-14-19-10-6-4-7-11-19)21(16-30-18(2)28)33-25(22)29-3/h4-13,21-25H,14-16H2,1-3H3,(H,26,27)/t21-,22-,23-,24-,25+/m1/s1. The number of amides is 1. The fourth-order valence-corrected chi connectivity index (χ4v) is 3.76. The van der Waals surface area contributed by atoms with Crippen LogP contribution in [-0.4, -0.2) is 56.2 Å². The van der Waals surface area contributed by atoms with Gasteiger partial charge in [-0.1, -0.05) is 60.7 Å². The van der Waals surface area contributed by atoms with E-state index < -0.39 is 36.6 Å². The van der Waals surface area contributed by atoms with E-state index in [4.69, 9.17) is 23.7 Å². The molecule has 1 N–H and O–H groups in total. The van der Waals surface area contributed by atoms with E-state index in [1.165, 1.54) is 21.0 Å². The average Bonchev–Trinajstić information content (AvgIpc) is 2.82.